The highest BCUT2D eigenvalue weighted by Gasteiger charge is 2.31. The van der Waals surface area contributed by atoms with Crippen LogP contribution in [-0.2, 0) is 10.3 Å². The van der Waals surface area contributed by atoms with Gasteiger partial charge in [-0.3, -0.25) is 0 Å². The summed E-state index contributed by atoms with van der Waals surface area (Å²) in [5.41, 5.74) is -1.31. The molecule has 0 spiro atoms. The summed E-state index contributed by atoms with van der Waals surface area (Å²) < 4.78 is 33.9. The Morgan fingerprint density at radius 1 is 1.33 bits per heavy atom. The zero-order valence-electron chi connectivity index (χ0n) is 11.9. The van der Waals surface area contributed by atoms with Crippen LogP contribution < -0.4 is 0 Å². The topological polar surface area (TPSA) is 57.0 Å². The first-order valence-corrected chi connectivity index (χ1v) is 6.42. The maximum absolute atomic E-state index is 13.9. The van der Waals surface area contributed by atoms with Crippen LogP contribution in [0.15, 0.2) is 24.4 Å². The van der Waals surface area contributed by atoms with Gasteiger partial charge in [0.25, 0.3) is 0 Å². The van der Waals surface area contributed by atoms with Gasteiger partial charge in [-0.2, -0.15) is 0 Å². The second-order valence-corrected chi connectivity index (χ2v) is 4.92. The lowest BCUT2D eigenvalue weighted by atomic mass is 9.93. The van der Waals surface area contributed by atoms with E-state index in [1.807, 2.05) is 0 Å². The molecular formula is C14H15F2N3O2. The summed E-state index contributed by atoms with van der Waals surface area (Å²) in [5.74, 6) is -2.00. The molecule has 0 fully saturated rings. The Morgan fingerprint density at radius 2 is 1.95 bits per heavy atom. The van der Waals surface area contributed by atoms with Gasteiger partial charge in [0.2, 0.25) is 0 Å². The highest BCUT2D eigenvalue weighted by atomic mass is 19.1. The Kier molecular flexibility index (Phi) is 4.02. The number of esters is 1. The van der Waals surface area contributed by atoms with Crippen molar-refractivity contribution < 1.29 is 18.3 Å². The summed E-state index contributed by atoms with van der Waals surface area (Å²) in [6, 6.07) is 3.63. The third-order valence-electron chi connectivity index (χ3n) is 3.13. The summed E-state index contributed by atoms with van der Waals surface area (Å²) >= 11 is 0. The molecule has 0 aliphatic carbocycles. The summed E-state index contributed by atoms with van der Waals surface area (Å²) in [5, 5.41) is 7.46. The second-order valence-electron chi connectivity index (χ2n) is 4.92. The molecule has 0 aliphatic rings. The molecular weight excluding hydrogens is 280 g/mol. The van der Waals surface area contributed by atoms with Crippen molar-refractivity contribution in [1.29, 1.82) is 0 Å². The number of benzene rings is 1. The molecule has 0 aliphatic heterocycles. The van der Waals surface area contributed by atoms with Gasteiger partial charge >= 0.3 is 5.97 Å². The molecule has 0 saturated heterocycles. The first-order valence-electron chi connectivity index (χ1n) is 6.42. The number of carbonyl (C=O) groups excluding carboxylic acids is 1. The lowest BCUT2D eigenvalue weighted by Gasteiger charge is -2.26. The number of aromatic nitrogens is 3. The van der Waals surface area contributed by atoms with Crippen molar-refractivity contribution in [1.82, 2.24) is 15.0 Å². The Morgan fingerprint density at radius 3 is 2.52 bits per heavy atom. The van der Waals surface area contributed by atoms with Crippen LogP contribution >= 0.6 is 0 Å². The number of nitrogens with zero attached hydrogens (tertiary/aromatic N) is 3. The Bertz CT molecular complexity index is 648. The SMILES string of the molecule is CCOC(=O)c1cn(C(C)(C)c2c(F)cccc2F)nn1. The minimum atomic E-state index is -1.15. The first-order chi connectivity index (χ1) is 9.87. The number of rotatable bonds is 4. The van der Waals surface area contributed by atoms with Gasteiger partial charge in [-0.05, 0) is 32.9 Å². The largest absolute Gasteiger partial charge is 0.461 e. The van der Waals surface area contributed by atoms with Crippen LogP contribution in [0, 0.1) is 11.6 Å². The van der Waals surface area contributed by atoms with Gasteiger partial charge in [0, 0.05) is 0 Å². The predicted octanol–water partition coefficient (Wildman–Crippen LogP) is 2.52. The van der Waals surface area contributed by atoms with Crippen LogP contribution in [-0.4, -0.2) is 27.6 Å². The molecule has 2 rings (SSSR count). The molecule has 5 nitrogen and oxygen atoms in total. The van der Waals surface area contributed by atoms with Crippen molar-refractivity contribution in [3.8, 4) is 0 Å². The zero-order valence-corrected chi connectivity index (χ0v) is 11.9. The average molecular weight is 295 g/mol. The second kappa shape index (κ2) is 5.59. The smallest absolute Gasteiger partial charge is 0.360 e. The summed E-state index contributed by atoms with van der Waals surface area (Å²) in [6.45, 7) is 5.04. The van der Waals surface area contributed by atoms with E-state index in [-0.39, 0.29) is 17.9 Å². The molecule has 0 saturated carbocycles. The van der Waals surface area contributed by atoms with Gasteiger partial charge in [-0.15, -0.1) is 5.10 Å². The van der Waals surface area contributed by atoms with Gasteiger partial charge in [0.05, 0.1) is 23.9 Å². The molecule has 0 unspecified atom stereocenters. The van der Waals surface area contributed by atoms with E-state index in [2.05, 4.69) is 10.3 Å². The Balaban J connectivity index is 2.43. The molecule has 0 N–H and O–H groups in total. The number of hydrogen-bond acceptors (Lipinski definition) is 4. The molecule has 112 valence electrons. The van der Waals surface area contributed by atoms with Crippen molar-refractivity contribution in [3.63, 3.8) is 0 Å². The van der Waals surface area contributed by atoms with E-state index in [1.54, 1.807) is 20.8 Å². The summed E-state index contributed by atoms with van der Waals surface area (Å²) in [6.07, 6.45) is 1.31. The third kappa shape index (κ3) is 2.76. The van der Waals surface area contributed by atoms with Crippen LogP contribution in [0.1, 0.15) is 36.8 Å². The van der Waals surface area contributed by atoms with Crippen LogP contribution in [0.4, 0.5) is 8.78 Å². The maximum Gasteiger partial charge on any atom is 0.360 e. The predicted molar refractivity (Wildman–Crippen MR) is 70.8 cm³/mol. The van der Waals surface area contributed by atoms with E-state index >= 15 is 0 Å². The zero-order chi connectivity index (χ0) is 15.6. The van der Waals surface area contributed by atoms with Crippen molar-refractivity contribution in [2.75, 3.05) is 6.61 Å². The monoisotopic (exact) mass is 295 g/mol. The van der Waals surface area contributed by atoms with Crippen molar-refractivity contribution >= 4 is 5.97 Å². The minimum Gasteiger partial charge on any atom is -0.461 e. The van der Waals surface area contributed by atoms with Crippen molar-refractivity contribution in [3.05, 3.63) is 47.3 Å². The summed E-state index contributed by atoms with van der Waals surface area (Å²) in [7, 11) is 0. The van der Waals surface area contributed by atoms with E-state index in [0.717, 1.165) is 0 Å². The molecule has 1 aromatic heterocycles. The lowest BCUT2D eigenvalue weighted by molar-refractivity contribution is 0.0519. The molecule has 0 amide bonds. The van der Waals surface area contributed by atoms with E-state index < -0.39 is 23.1 Å². The normalized spacial score (nSPS) is 11.5. The fraction of sp³-hybridized carbons (Fsp3) is 0.357. The molecule has 7 heteroatoms. The van der Waals surface area contributed by atoms with Crippen molar-refractivity contribution in [2.45, 2.75) is 26.3 Å². The van der Waals surface area contributed by atoms with Gasteiger partial charge in [-0.25, -0.2) is 18.3 Å². The fourth-order valence-corrected chi connectivity index (χ4v) is 2.03. The van der Waals surface area contributed by atoms with Gasteiger partial charge < -0.3 is 4.74 Å². The Labute approximate surface area is 120 Å². The molecule has 1 aromatic carbocycles. The van der Waals surface area contributed by atoms with Gasteiger partial charge in [0.15, 0.2) is 5.69 Å². The Hall–Kier alpha value is -2.31. The number of hydrogen-bond donors (Lipinski definition) is 0. The third-order valence-corrected chi connectivity index (χ3v) is 3.13. The molecule has 0 radical (unpaired) electrons. The maximum atomic E-state index is 13.9. The number of carbonyl (C=O) groups is 1. The van der Waals surface area contributed by atoms with Crippen LogP contribution in [0.25, 0.3) is 0 Å². The quantitative estimate of drug-likeness (QED) is 0.813. The van der Waals surface area contributed by atoms with Crippen molar-refractivity contribution in [2.24, 2.45) is 0 Å². The molecule has 1 heterocycles. The van der Waals surface area contributed by atoms with E-state index in [0.29, 0.717) is 0 Å². The fourth-order valence-electron chi connectivity index (χ4n) is 2.03. The molecule has 21 heavy (non-hydrogen) atoms. The molecule has 0 bridgehead atoms. The van der Waals surface area contributed by atoms with Crippen LogP contribution in [0.2, 0.25) is 0 Å². The first kappa shape index (κ1) is 15.1. The van der Waals surface area contributed by atoms with E-state index in [4.69, 9.17) is 4.74 Å². The van der Waals surface area contributed by atoms with E-state index in [1.165, 1.54) is 29.1 Å². The van der Waals surface area contributed by atoms with Crippen LogP contribution in [0.3, 0.4) is 0 Å². The lowest BCUT2D eigenvalue weighted by Crippen LogP contribution is -2.31. The highest BCUT2D eigenvalue weighted by Crippen LogP contribution is 2.29. The highest BCUT2D eigenvalue weighted by molar-refractivity contribution is 5.86. The number of halogens is 2. The van der Waals surface area contributed by atoms with Gasteiger partial charge in [0.1, 0.15) is 11.6 Å². The van der Waals surface area contributed by atoms with Crippen LogP contribution in [0.5, 0.6) is 0 Å². The van der Waals surface area contributed by atoms with Gasteiger partial charge in [-0.1, -0.05) is 11.3 Å². The molecule has 2 aromatic rings. The summed E-state index contributed by atoms with van der Waals surface area (Å²) in [4.78, 5) is 11.6. The molecule has 0 atom stereocenters. The standard InChI is InChI=1S/C14H15F2N3O2/c1-4-21-13(20)11-8-19(18-17-11)14(2,3)12-9(15)6-5-7-10(12)16/h5-8H,4H2,1-3H3. The average Bonchev–Trinajstić information content (AvgIpc) is 2.88. The number of ether oxygens (including phenoxy) is 1. The van der Waals surface area contributed by atoms with E-state index in [9.17, 15) is 13.6 Å². The minimum absolute atomic E-state index is 0.0123.